The standard InChI is InChI=1S/C12H24N/c1-10(2)8-9-11(3,4)13(7)12(10,5)6/h8H,9H2,1-7H3. The van der Waals surface area contributed by atoms with Gasteiger partial charge in [-0.25, -0.2) is 0 Å². The molecule has 1 saturated heterocycles. The lowest BCUT2D eigenvalue weighted by Crippen LogP contribution is -2.64. The van der Waals surface area contributed by atoms with Gasteiger partial charge in [-0.05, 0) is 53.0 Å². The molecule has 13 heavy (non-hydrogen) atoms. The first-order valence-electron chi connectivity index (χ1n) is 5.19. The molecule has 1 aliphatic heterocycles. The van der Waals surface area contributed by atoms with Gasteiger partial charge < -0.3 is 0 Å². The number of hydrogen-bond donors (Lipinski definition) is 0. The van der Waals surface area contributed by atoms with Gasteiger partial charge in [0.2, 0.25) is 0 Å². The first-order valence-corrected chi connectivity index (χ1v) is 5.19. The molecule has 1 aliphatic rings. The average Bonchev–Trinajstić information content (AvgIpc) is 1.97. The van der Waals surface area contributed by atoms with E-state index in [9.17, 15) is 0 Å². The lowest BCUT2D eigenvalue weighted by molar-refractivity contribution is -0.0545. The maximum atomic E-state index is 2.51. The summed E-state index contributed by atoms with van der Waals surface area (Å²) >= 11 is 0. The van der Waals surface area contributed by atoms with Gasteiger partial charge >= 0.3 is 0 Å². The van der Waals surface area contributed by atoms with Crippen molar-refractivity contribution in [2.45, 2.75) is 59.0 Å². The van der Waals surface area contributed by atoms with Crippen LogP contribution in [0.2, 0.25) is 0 Å². The summed E-state index contributed by atoms with van der Waals surface area (Å²) in [4.78, 5) is 2.51. The predicted octanol–water partition coefficient (Wildman–Crippen LogP) is 3.11. The summed E-state index contributed by atoms with van der Waals surface area (Å²) in [6.07, 6.45) is 3.66. The van der Waals surface area contributed by atoms with Gasteiger partial charge in [0.05, 0.1) is 0 Å². The third kappa shape index (κ3) is 1.52. The molecule has 0 spiro atoms. The molecule has 0 unspecified atom stereocenters. The lowest BCUT2D eigenvalue weighted by atomic mass is 9.64. The molecule has 0 amide bonds. The van der Waals surface area contributed by atoms with E-state index in [1.165, 1.54) is 6.42 Å². The van der Waals surface area contributed by atoms with E-state index in [1.807, 2.05) is 0 Å². The number of hydrogen-bond acceptors (Lipinski definition) is 1. The molecule has 1 radical (unpaired) electrons. The highest BCUT2D eigenvalue weighted by Gasteiger charge is 2.49. The summed E-state index contributed by atoms with van der Waals surface area (Å²) in [5.74, 6) is 0. The summed E-state index contributed by atoms with van der Waals surface area (Å²) in [5.41, 5.74) is 0.852. The molecule has 1 nitrogen and oxygen atoms in total. The fourth-order valence-corrected chi connectivity index (χ4v) is 2.08. The van der Waals surface area contributed by atoms with Crippen LogP contribution in [0.3, 0.4) is 0 Å². The Hall–Kier alpha value is -0.0400. The minimum absolute atomic E-state index is 0.245. The zero-order chi connectivity index (χ0) is 10.5. The topological polar surface area (TPSA) is 3.24 Å². The predicted molar refractivity (Wildman–Crippen MR) is 58.6 cm³/mol. The van der Waals surface area contributed by atoms with Gasteiger partial charge in [-0.15, -0.1) is 0 Å². The number of rotatable bonds is 0. The van der Waals surface area contributed by atoms with Crippen molar-refractivity contribution in [3.63, 3.8) is 0 Å². The van der Waals surface area contributed by atoms with Crippen LogP contribution < -0.4 is 0 Å². The van der Waals surface area contributed by atoms with Crippen LogP contribution in [0.25, 0.3) is 0 Å². The molecule has 0 aromatic carbocycles. The number of piperidine rings is 1. The van der Waals surface area contributed by atoms with Gasteiger partial charge in [-0.3, -0.25) is 4.90 Å². The van der Waals surface area contributed by atoms with Gasteiger partial charge in [0.15, 0.2) is 0 Å². The molecule has 0 N–H and O–H groups in total. The summed E-state index contributed by atoms with van der Waals surface area (Å²) < 4.78 is 0. The van der Waals surface area contributed by atoms with Gasteiger partial charge in [-0.2, -0.15) is 0 Å². The second-order valence-electron chi connectivity index (χ2n) is 6.06. The molecule has 0 aromatic rings. The monoisotopic (exact) mass is 182 g/mol. The fourth-order valence-electron chi connectivity index (χ4n) is 2.08. The van der Waals surface area contributed by atoms with Crippen molar-refractivity contribution in [1.29, 1.82) is 0 Å². The highest BCUT2D eigenvalue weighted by molar-refractivity contribution is 5.11. The highest BCUT2D eigenvalue weighted by Crippen LogP contribution is 2.47. The van der Waals surface area contributed by atoms with E-state index in [-0.39, 0.29) is 5.54 Å². The molecule has 1 heterocycles. The van der Waals surface area contributed by atoms with Crippen molar-refractivity contribution in [2.75, 3.05) is 7.05 Å². The van der Waals surface area contributed by atoms with E-state index in [1.54, 1.807) is 0 Å². The maximum Gasteiger partial charge on any atom is 0.0209 e. The zero-order valence-electron chi connectivity index (χ0n) is 10.2. The Morgan fingerprint density at radius 3 is 1.85 bits per heavy atom. The van der Waals surface area contributed by atoms with E-state index in [2.05, 4.69) is 59.9 Å². The molecular weight excluding hydrogens is 158 g/mol. The fraction of sp³-hybridized carbons (Fsp3) is 0.917. The van der Waals surface area contributed by atoms with E-state index in [4.69, 9.17) is 0 Å². The van der Waals surface area contributed by atoms with Crippen LogP contribution in [0, 0.1) is 11.8 Å². The molecule has 0 atom stereocenters. The zero-order valence-corrected chi connectivity index (χ0v) is 10.2. The third-order valence-electron chi connectivity index (χ3n) is 4.44. The SMILES string of the molecule is CN1C(C)(C)C[CH]C(C)(C)C1(C)C. The minimum atomic E-state index is 0.245. The Morgan fingerprint density at radius 1 is 1.00 bits per heavy atom. The molecule has 1 rings (SSSR count). The van der Waals surface area contributed by atoms with Crippen LogP contribution in [0.1, 0.15) is 48.0 Å². The third-order valence-corrected chi connectivity index (χ3v) is 4.44. The molecule has 0 bridgehead atoms. The van der Waals surface area contributed by atoms with Crippen molar-refractivity contribution < 1.29 is 0 Å². The summed E-state index contributed by atoms with van der Waals surface area (Å²) in [5, 5.41) is 0. The second kappa shape index (κ2) is 2.73. The van der Waals surface area contributed by atoms with Gasteiger partial charge in [-0.1, -0.05) is 13.8 Å². The van der Waals surface area contributed by atoms with Crippen LogP contribution in [-0.4, -0.2) is 23.0 Å². The molecule has 0 aliphatic carbocycles. The maximum absolute atomic E-state index is 2.51. The van der Waals surface area contributed by atoms with E-state index < -0.39 is 0 Å². The summed E-state index contributed by atoms with van der Waals surface area (Å²) in [6, 6.07) is 0. The molecule has 1 heteroatoms. The second-order valence-corrected chi connectivity index (χ2v) is 6.06. The van der Waals surface area contributed by atoms with Crippen LogP contribution >= 0.6 is 0 Å². The molecule has 0 aromatic heterocycles. The molecular formula is C12H24N. The Labute approximate surface area is 83.5 Å². The smallest absolute Gasteiger partial charge is 0.0209 e. The van der Waals surface area contributed by atoms with Crippen LogP contribution in [0.4, 0.5) is 0 Å². The van der Waals surface area contributed by atoms with Crippen LogP contribution in [0.5, 0.6) is 0 Å². The Morgan fingerprint density at radius 2 is 1.46 bits per heavy atom. The van der Waals surface area contributed by atoms with Crippen LogP contribution in [0.15, 0.2) is 0 Å². The molecule has 1 fully saturated rings. The van der Waals surface area contributed by atoms with Crippen molar-refractivity contribution in [1.82, 2.24) is 4.90 Å². The lowest BCUT2D eigenvalue weighted by Gasteiger charge is -2.59. The quantitative estimate of drug-likeness (QED) is 0.556. The minimum Gasteiger partial charge on any atom is -0.296 e. The Bertz CT molecular complexity index is 201. The Balaban J connectivity index is 3.00. The van der Waals surface area contributed by atoms with Crippen molar-refractivity contribution in [3.8, 4) is 0 Å². The van der Waals surface area contributed by atoms with Crippen LogP contribution in [-0.2, 0) is 0 Å². The van der Waals surface area contributed by atoms with Crippen molar-refractivity contribution >= 4 is 0 Å². The Kier molecular flexibility index (Phi) is 2.31. The van der Waals surface area contributed by atoms with Gasteiger partial charge in [0.25, 0.3) is 0 Å². The highest BCUT2D eigenvalue weighted by atomic mass is 15.2. The number of nitrogens with zero attached hydrogens (tertiary/aromatic N) is 1. The molecule has 0 saturated carbocycles. The normalized spacial score (nSPS) is 31.6. The van der Waals surface area contributed by atoms with Crippen molar-refractivity contribution in [2.24, 2.45) is 5.41 Å². The average molecular weight is 182 g/mol. The number of likely N-dealkylation sites (tertiary alicyclic amines) is 1. The largest absolute Gasteiger partial charge is 0.296 e. The molecule has 77 valence electrons. The van der Waals surface area contributed by atoms with Gasteiger partial charge in [0.1, 0.15) is 0 Å². The van der Waals surface area contributed by atoms with E-state index in [0.717, 1.165) is 0 Å². The first-order chi connectivity index (χ1) is 5.61. The van der Waals surface area contributed by atoms with Crippen molar-refractivity contribution in [3.05, 3.63) is 6.42 Å². The van der Waals surface area contributed by atoms with E-state index in [0.29, 0.717) is 11.0 Å². The summed E-state index contributed by atoms with van der Waals surface area (Å²) in [7, 11) is 2.24. The van der Waals surface area contributed by atoms with Gasteiger partial charge in [0, 0.05) is 11.1 Å². The van der Waals surface area contributed by atoms with E-state index >= 15 is 0 Å². The first kappa shape index (κ1) is 11.0. The summed E-state index contributed by atoms with van der Waals surface area (Å²) in [6.45, 7) is 14.0.